The first kappa shape index (κ1) is 26.6. The van der Waals surface area contributed by atoms with Crippen molar-refractivity contribution in [2.45, 2.75) is 53.3 Å². The molecule has 0 saturated carbocycles. The van der Waals surface area contributed by atoms with Gasteiger partial charge in [-0.1, -0.05) is 20.8 Å². The van der Waals surface area contributed by atoms with Crippen LogP contribution < -0.4 is 15.1 Å². The molecule has 1 atom stereocenters. The largest absolute Gasteiger partial charge is 0.447 e. The van der Waals surface area contributed by atoms with Gasteiger partial charge in [0.25, 0.3) is 0 Å². The van der Waals surface area contributed by atoms with Gasteiger partial charge in [-0.25, -0.2) is 13.6 Å². The topological polar surface area (TPSA) is 101 Å². The predicted octanol–water partition coefficient (Wildman–Crippen LogP) is 3.37. The molecule has 0 bridgehead atoms. The number of hydrogen-bond donors (Lipinski definition) is 1. The van der Waals surface area contributed by atoms with Crippen LogP contribution in [-0.2, 0) is 18.9 Å². The van der Waals surface area contributed by atoms with E-state index in [1.165, 1.54) is 11.8 Å². The lowest BCUT2D eigenvalue weighted by atomic mass is 9.93. The van der Waals surface area contributed by atoms with Crippen molar-refractivity contribution in [3.63, 3.8) is 0 Å². The second kappa shape index (κ2) is 9.92. The fraction of sp³-hybridized carbons (Fsp3) is 0.565. The number of nitrogens with zero attached hydrogens (tertiary/aromatic N) is 3. The van der Waals surface area contributed by atoms with E-state index in [-0.39, 0.29) is 54.3 Å². The Hall–Kier alpha value is -3.02. The normalized spacial score (nSPS) is 18.2. The average molecular weight is 511 g/mol. The van der Waals surface area contributed by atoms with E-state index in [0.717, 1.165) is 17.0 Å². The van der Waals surface area contributed by atoms with Gasteiger partial charge in [0, 0.05) is 25.5 Å². The molecule has 2 aliphatic rings. The van der Waals surface area contributed by atoms with Crippen molar-refractivity contribution in [1.29, 1.82) is 0 Å². The maximum absolute atomic E-state index is 14.9. The molecule has 2 saturated heterocycles. The van der Waals surface area contributed by atoms with Gasteiger partial charge in [0.2, 0.25) is 5.91 Å². The minimum absolute atomic E-state index is 0.0296. The summed E-state index contributed by atoms with van der Waals surface area (Å²) in [4.78, 5) is 38.3. The van der Waals surface area contributed by atoms with Gasteiger partial charge in [-0.3, -0.25) is 9.69 Å². The first-order valence-corrected chi connectivity index (χ1v) is 14.3. The molecule has 2 heterocycles. The third-order valence-electron chi connectivity index (χ3n) is 5.59. The van der Waals surface area contributed by atoms with E-state index in [2.05, 4.69) is 10.5 Å². The monoisotopic (exact) mass is 510 g/mol. The molecule has 0 unspecified atom stereocenters. The van der Waals surface area contributed by atoms with Gasteiger partial charge >= 0.3 is 14.4 Å². The number of carbonyl (C=O) groups is 3. The summed E-state index contributed by atoms with van der Waals surface area (Å²) in [7, 11) is -2.70. The third-order valence-corrected chi connectivity index (χ3v) is 7.66. The van der Waals surface area contributed by atoms with Crippen LogP contribution >= 0.6 is 0 Å². The van der Waals surface area contributed by atoms with Crippen molar-refractivity contribution < 1.29 is 32.4 Å². The second-order valence-corrected chi connectivity index (χ2v) is 14.3. The minimum atomic E-state index is -2.70. The highest BCUT2D eigenvalue weighted by molar-refractivity contribution is 6.99. The predicted molar refractivity (Wildman–Crippen MR) is 130 cm³/mol. The van der Waals surface area contributed by atoms with Crippen LogP contribution in [0.2, 0.25) is 13.1 Å². The molecule has 2 aliphatic heterocycles. The van der Waals surface area contributed by atoms with Crippen LogP contribution in [0.4, 0.5) is 25.0 Å². The van der Waals surface area contributed by atoms with Crippen LogP contribution in [0.1, 0.15) is 34.1 Å². The maximum atomic E-state index is 14.9. The van der Waals surface area contributed by atoms with Crippen LogP contribution in [0.3, 0.4) is 0 Å². The van der Waals surface area contributed by atoms with Gasteiger partial charge in [-0.15, -0.1) is 5.16 Å². The fourth-order valence-corrected chi connectivity index (χ4v) is 5.06. The number of oxime groups is 1. The minimum Gasteiger partial charge on any atom is -0.447 e. The summed E-state index contributed by atoms with van der Waals surface area (Å²) in [5.74, 6) is -1.92. The van der Waals surface area contributed by atoms with E-state index in [1.54, 1.807) is 13.1 Å². The van der Waals surface area contributed by atoms with Crippen LogP contribution in [-0.4, -0.2) is 63.7 Å². The number of nitrogens with one attached hydrogen (secondary N) is 1. The summed E-state index contributed by atoms with van der Waals surface area (Å²) < 4.78 is 40.5. The van der Waals surface area contributed by atoms with E-state index >= 15 is 0 Å². The highest BCUT2D eigenvalue weighted by Gasteiger charge is 2.39. The number of anilines is 2. The Kier molecular flexibility index (Phi) is 7.53. The zero-order valence-electron chi connectivity index (χ0n) is 20.9. The quantitative estimate of drug-likeness (QED) is 0.425. The maximum Gasteiger partial charge on any atom is 0.414 e. The van der Waals surface area contributed by atoms with Crippen LogP contribution in [0.5, 0.6) is 0 Å². The van der Waals surface area contributed by atoms with Crippen molar-refractivity contribution in [2.24, 2.45) is 10.6 Å². The number of ether oxygens (including phenoxy) is 1. The van der Waals surface area contributed by atoms with Gasteiger partial charge in [-0.2, -0.15) is 0 Å². The highest BCUT2D eigenvalue weighted by Crippen LogP contribution is 2.33. The molecule has 1 N–H and O–H groups in total. The first-order valence-electron chi connectivity index (χ1n) is 11.4. The Morgan fingerprint density at radius 3 is 2.37 bits per heavy atom. The Morgan fingerprint density at radius 2 is 1.83 bits per heavy atom. The molecular weight excluding hydrogens is 478 g/mol. The summed E-state index contributed by atoms with van der Waals surface area (Å²) in [6.07, 6.45) is -0.963. The molecule has 3 rings (SSSR count). The molecule has 1 aromatic carbocycles. The lowest BCUT2D eigenvalue weighted by Crippen LogP contribution is -2.49. The zero-order valence-corrected chi connectivity index (χ0v) is 21.9. The zero-order chi connectivity index (χ0) is 26.1. The molecular formula is C23H32F2N4O5Si. The molecule has 35 heavy (non-hydrogen) atoms. The smallest absolute Gasteiger partial charge is 0.414 e. The van der Waals surface area contributed by atoms with E-state index in [4.69, 9.17) is 9.26 Å². The Morgan fingerprint density at radius 1 is 1.23 bits per heavy atom. The van der Waals surface area contributed by atoms with Crippen LogP contribution in [0.25, 0.3) is 0 Å². The second-order valence-electron chi connectivity index (χ2n) is 10.6. The van der Waals surface area contributed by atoms with Crippen molar-refractivity contribution in [1.82, 2.24) is 5.32 Å². The van der Waals surface area contributed by atoms with Crippen molar-refractivity contribution in [2.75, 3.05) is 36.0 Å². The van der Waals surface area contributed by atoms with Crippen molar-refractivity contribution >= 4 is 42.8 Å². The number of rotatable bonds is 8. The molecule has 0 spiro atoms. The fourth-order valence-electron chi connectivity index (χ4n) is 3.64. The third kappa shape index (κ3) is 6.56. The molecule has 2 fully saturated rings. The van der Waals surface area contributed by atoms with Gasteiger partial charge in [0.05, 0.1) is 37.6 Å². The van der Waals surface area contributed by atoms with Crippen molar-refractivity contribution in [3.05, 3.63) is 23.8 Å². The SMILES string of the molecule is CC(=O)NC[C@H]1CN(c2cc(F)c(N3CC(=NO[Si](C)(C)C(=O)CC(C)(C)C)C3)c(F)c2)C(=O)O1. The van der Waals surface area contributed by atoms with Gasteiger partial charge in [-0.05, 0) is 18.5 Å². The summed E-state index contributed by atoms with van der Waals surface area (Å²) in [6.45, 7) is 11.3. The number of hydrogen-bond acceptors (Lipinski definition) is 7. The number of amides is 2. The van der Waals surface area contributed by atoms with E-state index in [0.29, 0.717) is 12.1 Å². The molecule has 0 aliphatic carbocycles. The molecule has 0 aromatic heterocycles. The van der Waals surface area contributed by atoms with E-state index < -0.39 is 32.1 Å². The number of halogens is 2. The summed E-state index contributed by atoms with van der Waals surface area (Å²) in [5, 5.41) is 6.69. The standard InChI is InChI=1S/C23H32F2N4O5Si/c1-14(30)26-10-17-13-29(22(32)33-17)16-7-18(24)21(19(25)8-16)28-11-15(12-28)27-34-35(5,6)20(31)9-23(2,3)4/h7-8,17H,9-13H2,1-6H3,(H,26,30)/t17-/m0/s1. The van der Waals surface area contributed by atoms with Gasteiger partial charge in [0.1, 0.15) is 11.8 Å². The van der Waals surface area contributed by atoms with E-state index in [1.807, 2.05) is 20.8 Å². The molecule has 2 amide bonds. The number of benzene rings is 1. The molecule has 12 heteroatoms. The lowest BCUT2D eigenvalue weighted by molar-refractivity contribution is -0.119. The molecule has 9 nitrogen and oxygen atoms in total. The highest BCUT2D eigenvalue weighted by atomic mass is 28.4. The summed E-state index contributed by atoms with van der Waals surface area (Å²) in [6, 6.07) is 2.15. The average Bonchev–Trinajstić information content (AvgIpc) is 3.06. The summed E-state index contributed by atoms with van der Waals surface area (Å²) in [5.41, 5.74) is 0.239. The molecule has 1 aromatic rings. The molecule has 192 valence electrons. The number of carbonyl (C=O) groups excluding carboxylic acids is 3. The first-order chi connectivity index (χ1) is 16.2. The molecule has 0 radical (unpaired) electrons. The summed E-state index contributed by atoms with van der Waals surface area (Å²) >= 11 is 0. The van der Waals surface area contributed by atoms with Crippen LogP contribution in [0.15, 0.2) is 17.3 Å². The Bertz CT molecular complexity index is 1030. The van der Waals surface area contributed by atoms with Gasteiger partial charge < -0.3 is 24.3 Å². The Labute approximate surface area is 204 Å². The van der Waals surface area contributed by atoms with Crippen molar-refractivity contribution in [3.8, 4) is 0 Å². The van der Waals surface area contributed by atoms with Crippen LogP contribution in [0, 0.1) is 17.0 Å². The lowest BCUT2D eigenvalue weighted by Gasteiger charge is -2.35. The number of cyclic esters (lactones) is 1. The van der Waals surface area contributed by atoms with Gasteiger partial charge in [0.15, 0.2) is 17.0 Å². The Balaban J connectivity index is 1.62. The van der Waals surface area contributed by atoms with E-state index in [9.17, 15) is 23.2 Å².